The maximum Gasteiger partial charge on any atom is 0.319 e. The second-order valence-electron chi connectivity index (χ2n) is 4.01. The average molecular weight is 251 g/mol. The molecule has 0 aliphatic rings. The molecule has 0 bridgehead atoms. The van der Waals surface area contributed by atoms with Crippen LogP contribution in [-0.4, -0.2) is 44.2 Å². The summed E-state index contributed by atoms with van der Waals surface area (Å²) in [5.41, 5.74) is 0. The van der Waals surface area contributed by atoms with Crippen LogP contribution in [0.5, 0.6) is 5.75 Å². The molecule has 0 aliphatic carbocycles. The molecule has 0 spiro atoms. The molecule has 4 nitrogen and oxygen atoms in total. The van der Waals surface area contributed by atoms with Crippen LogP contribution in [0.15, 0.2) is 30.3 Å². The first-order valence-electron chi connectivity index (χ1n) is 6.23. The number of nitrogens with zero attached hydrogens (tertiary/aromatic N) is 1. The number of hydrogen-bond acceptors (Lipinski definition) is 4. The molecule has 0 unspecified atom stereocenters. The van der Waals surface area contributed by atoms with Crippen LogP contribution in [-0.2, 0) is 9.53 Å². The van der Waals surface area contributed by atoms with Crippen LogP contribution < -0.4 is 4.74 Å². The molecular weight excluding hydrogens is 230 g/mol. The Hall–Kier alpha value is -1.55. The van der Waals surface area contributed by atoms with Gasteiger partial charge < -0.3 is 9.47 Å². The van der Waals surface area contributed by atoms with E-state index in [0.29, 0.717) is 13.2 Å². The normalized spacial score (nSPS) is 10.4. The lowest BCUT2D eigenvalue weighted by Crippen LogP contribution is -2.34. The van der Waals surface area contributed by atoms with E-state index in [9.17, 15) is 4.79 Å². The Morgan fingerprint density at radius 1 is 1.22 bits per heavy atom. The highest BCUT2D eigenvalue weighted by Gasteiger charge is 2.09. The van der Waals surface area contributed by atoms with Gasteiger partial charge >= 0.3 is 5.97 Å². The summed E-state index contributed by atoms with van der Waals surface area (Å²) < 4.78 is 10.3. The van der Waals surface area contributed by atoms with Gasteiger partial charge in [-0.25, -0.2) is 0 Å². The van der Waals surface area contributed by atoms with Crippen molar-refractivity contribution in [3.63, 3.8) is 0 Å². The summed E-state index contributed by atoms with van der Waals surface area (Å²) in [7, 11) is 1.41. The van der Waals surface area contributed by atoms with Gasteiger partial charge in [-0.2, -0.15) is 0 Å². The van der Waals surface area contributed by atoms with Gasteiger partial charge in [0.1, 0.15) is 12.4 Å². The lowest BCUT2D eigenvalue weighted by Gasteiger charge is -2.20. The first kappa shape index (κ1) is 14.5. The van der Waals surface area contributed by atoms with Gasteiger partial charge in [0, 0.05) is 6.54 Å². The Balaban J connectivity index is 2.31. The number of methoxy groups -OCH3 is 1. The van der Waals surface area contributed by atoms with Gasteiger partial charge in [-0.1, -0.05) is 25.1 Å². The Morgan fingerprint density at radius 3 is 2.56 bits per heavy atom. The van der Waals surface area contributed by atoms with Crippen molar-refractivity contribution in [1.82, 2.24) is 4.90 Å². The standard InChI is InChI=1S/C14H21NO3/c1-3-9-15(12-14(16)17-2)10-11-18-13-7-5-4-6-8-13/h4-8H,3,9-12H2,1-2H3. The van der Waals surface area contributed by atoms with Crippen LogP contribution in [0.3, 0.4) is 0 Å². The van der Waals surface area contributed by atoms with Crippen LogP contribution in [0, 0.1) is 0 Å². The van der Waals surface area contributed by atoms with Gasteiger partial charge in [0.05, 0.1) is 13.7 Å². The first-order chi connectivity index (χ1) is 8.76. The van der Waals surface area contributed by atoms with E-state index in [0.717, 1.165) is 25.3 Å². The lowest BCUT2D eigenvalue weighted by atomic mass is 10.3. The molecule has 1 aromatic carbocycles. The zero-order valence-corrected chi connectivity index (χ0v) is 11.1. The van der Waals surface area contributed by atoms with Crippen molar-refractivity contribution < 1.29 is 14.3 Å². The topological polar surface area (TPSA) is 38.8 Å². The molecule has 0 saturated carbocycles. The minimum absolute atomic E-state index is 0.205. The number of carbonyl (C=O) groups excluding carboxylic acids is 1. The second kappa shape index (κ2) is 8.53. The van der Waals surface area contributed by atoms with Gasteiger partial charge in [-0.05, 0) is 25.1 Å². The fraction of sp³-hybridized carbons (Fsp3) is 0.500. The van der Waals surface area contributed by atoms with E-state index in [1.807, 2.05) is 35.2 Å². The number of benzene rings is 1. The highest BCUT2D eigenvalue weighted by Crippen LogP contribution is 2.08. The third kappa shape index (κ3) is 5.68. The van der Waals surface area contributed by atoms with Crippen LogP contribution >= 0.6 is 0 Å². The molecule has 18 heavy (non-hydrogen) atoms. The van der Waals surface area contributed by atoms with E-state index >= 15 is 0 Å². The summed E-state index contributed by atoms with van der Waals surface area (Å²) >= 11 is 0. The number of esters is 1. The van der Waals surface area contributed by atoms with E-state index in [4.69, 9.17) is 4.74 Å². The summed E-state index contributed by atoms with van der Waals surface area (Å²) in [4.78, 5) is 13.3. The quantitative estimate of drug-likeness (QED) is 0.662. The molecule has 1 rings (SSSR count). The van der Waals surface area contributed by atoms with Crippen LogP contribution in [0.25, 0.3) is 0 Å². The van der Waals surface area contributed by atoms with E-state index < -0.39 is 0 Å². The van der Waals surface area contributed by atoms with Gasteiger partial charge in [-0.3, -0.25) is 9.69 Å². The summed E-state index contributed by atoms with van der Waals surface area (Å²) in [5, 5.41) is 0. The smallest absolute Gasteiger partial charge is 0.319 e. The van der Waals surface area contributed by atoms with E-state index in [2.05, 4.69) is 11.7 Å². The zero-order chi connectivity index (χ0) is 13.2. The van der Waals surface area contributed by atoms with Gasteiger partial charge in [0.2, 0.25) is 0 Å². The lowest BCUT2D eigenvalue weighted by molar-refractivity contribution is -0.142. The molecule has 0 amide bonds. The molecule has 1 aromatic rings. The third-order valence-electron chi connectivity index (χ3n) is 2.54. The highest BCUT2D eigenvalue weighted by molar-refractivity contribution is 5.71. The summed E-state index contributed by atoms with van der Waals surface area (Å²) in [6, 6.07) is 9.67. The molecule has 0 saturated heterocycles. The highest BCUT2D eigenvalue weighted by atomic mass is 16.5. The minimum atomic E-state index is -0.205. The molecule has 100 valence electrons. The molecule has 0 radical (unpaired) electrons. The van der Waals surface area contributed by atoms with E-state index in [1.165, 1.54) is 7.11 Å². The van der Waals surface area contributed by atoms with Crippen molar-refractivity contribution in [2.24, 2.45) is 0 Å². The fourth-order valence-electron chi connectivity index (χ4n) is 1.64. The van der Waals surface area contributed by atoms with Crippen molar-refractivity contribution in [2.75, 3.05) is 33.4 Å². The Labute approximate surface area is 108 Å². The largest absolute Gasteiger partial charge is 0.492 e. The minimum Gasteiger partial charge on any atom is -0.492 e. The molecule has 0 N–H and O–H groups in total. The summed E-state index contributed by atoms with van der Waals surface area (Å²) in [6.45, 7) is 4.57. The number of carbonyl (C=O) groups is 1. The van der Waals surface area contributed by atoms with Crippen molar-refractivity contribution >= 4 is 5.97 Å². The van der Waals surface area contributed by atoms with Crippen LogP contribution in [0.4, 0.5) is 0 Å². The zero-order valence-electron chi connectivity index (χ0n) is 11.1. The van der Waals surface area contributed by atoms with E-state index in [1.54, 1.807) is 0 Å². The fourth-order valence-corrected chi connectivity index (χ4v) is 1.64. The Morgan fingerprint density at radius 2 is 1.94 bits per heavy atom. The molecule has 0 aromatic heterocycles. The summed E-state index contributed by atoms with van der Waals surface area (Å²) in [5.74, 6) is 0.648. The Bertz CT molecular complexity index is 340. The predicted octanol–water partition coefficient (Wildman–Crippen LogP) is 1.95. The predicted molar refractivity (Wildman–Crippen MR) is 70.7 cm³/mol. The number of rotatable bonds is 8. The van der Waals surface area contributed by atoms with Gasteiger partial charge in [-0.15, -0.1) is 0 Å². The van der Waals surface area contributed by atoms with Crippen LogP contribution in [0.1, 0.15) is 13.3 Å². The SMILES string of the molecule is CCCN(CCOc1ccccc1)CC(=O)OC. The molecular formula is C14H21NO3. The molecule has 0 fully saturated rings. The van der Waals surface area contributed by atoms with Crippen LogP contribution in [0.2, 0.25) is 0 Å². The Kier molecular flexibility index (Phi) is 6.87. The first-order valence-corrected chi connectivity index (χ1v) is 6.23. The van der Waals surface area contributed by atoms with Crippen molar-refractivity contribution in [3.8, 4) is 5.75 Å². The number of hydrogen-bond donors (Lipinski definition) is 0. The van der Waals surface area contributed by atoms with Crippen molar-refractivity contribution in [1.29, 1.82) is 0 Å². The van der Waals surface area contributed by atoms with Crippen molar-refractivity contribution in [3.05, 3.63) is 30.3 Å². The molecule has 0 aliphatic heterocycles. The maximum atomic E-state index is 11.2. The van der Waals surface area contributed by atoms with Gasteiger partial charge in [0.15, 0.2) is 0 Å². The average Bonchev–Trinajstić information content (AvgIpc) is 2.40. The maximum absolute atomic E-state index is 11.2. The third-order valence-corrected chi connectivity index (χ3v) is 2.54. The van der Waals surface area contributed by atoms with Gasteiger partial charge in [0.25, 0.3) is 0 Å². The van der Waals surface area contributed by atoms with Crippen molar-refractivity contribution in [2.45, 2.75) is 13.3 Å². The molecule has 4 heteroatoms. The number of para-hydroxylation sites is 1. The molecule has 0 atom stereocenters. The second-order valence-corrected chi connectivity index (χ2v) is 4.01. The monoisotopic (exact) mass is 251 g/mol. The number of ether oxygens (including phenoxy) is 2. The summed E-state index contributed by atoms with van der Waals surface area (Å²) in [6.07, 6.45) is 1.00. The molecule has 0 heterocycles. The van der Waals surface area contributed by atoms with E-state index in [-0.39, 0.29) is 5.97 Å².